The van der Waals surface area contributed by atoms with Crippen molar-refractivity contribution in [2.75, 3.05) is 0 Å². The van der Waals surface area contributed by atoms with Gasteiger partial charge in [0.25, 0.3) is 0 Å². The summed E-state index contributed by atoms with van der Waals surface area (Å²) < 4.78 is 5.88. The zero-order chi connectivity index (χ0) is 19.2. The molecule has 0 aliphatic carbocycles. The maximum atomic E-state index is 11.7. The molecule has 1 saturated heterocycles. The molecule has 138 valence electrons. The third-order valence-electron chi connectivity index (χ3n) is 3.65. The number of carbonyl (C=O) groups excluding carboxylic acids is 1. The summed E-state index contributed by atoms with van der Waals surface area (Å²) in [5.41, 5.74) is 1.86. The van der Waals surface area contributed by atoms with E-state index in [1.807, 2.05) is 55.5 Å². The number of benzene rings is 2. The molecule has 27 heavy (non-hydrogen) atoms. The van der Waals surface area contributed by atoms with E-state index in [4.69, 9.17) is 9.84 Å². The van der Waals surface area contributed by atoms with Gasteiger partial charge in [0, 0.05) is 5.56 Å². The molecule has 8 heteroatoms. The lowest BCUT2D eigenvalue weighted by molar-refractivity contribution is -0.138. The Balaban J connectivity index is 1.70. The molecule has 1 atom stereocenters. The topological polar surface area (TPSA) is 100 Å². The quantitative estimate of drug-likeness (QED) is 0.589. The van der Waals surface area contributed by atoms with Crippen molar-refractivity contribution in [1.82, 2.24) is 5.32 Å². The average Bonchev–Trinajstić information content (AvgIpc) is 2.97. The minimum absolute atomic E-state index is 0.257. The number of rotatable bonds is 6. The Morgan fingerprint density at radius 1 is 1.26 bits per heavy atom. The number of nitrogens with zero attached hydrogens (tertiary/aromatic N) is 2. The van der Waals surface area contributed by atoms with Crippen molar-refractivity contribution in [3.05, 3.63) is 59.7 Å². The number of amidine groups is 1. The van der Waals surface area contributed by atoms with Crippen LogP contribution >= 0.6 is 11.8 Å². The highest BCUT2D eigenvalue weighted by Crippen LogP contribution is 2.25. The first kappa shape index (κ1) is 18.7. The zero-order valence-corrected chi connectivity index (χ0v) is 15.3. The van der Waals surface area contributed by atoms with Crippen molar-refractivity contribution < 1.29 is 19.4 Å². The minimum atomic E-state index is -1.03. The fraction of sp³-hybridized carbons (Fsp3) is 0.158. The Kier molecular flexibility index (Phi) is 5.87. The molecule has 1 fully saturated rings. The molecule has 7 nitrogen and oxygen atoms in total. The number of carbonyl (C=O) groups is 2. The molecule has 1 amide bonds. The van der Waals surface area contributed by atoms with Gasteiger partial charge in [-0.2, -0.15) is 5.10 Å². The molecule has 0 bridgehead atoms. The summed E-state index contributed by atoms with van der Waals surface area (Å²) in [5.74, 6) is -0.0749. The Labute approximate surface area is 160 Å². The van der Waals surface area contributed by atoms with Gasteiger partial charge >= 0.3 is 5.97 Å². The number of amides is 1. The molecule has 0 radical (unpaired) electrons. The van der Waals surface area contributed by atoms with Crippen molar-refractivity contribution in [2.24, 2.45) is 10.2 Å². The number of para-hydroxylation sites is 1. The van der Waals surface area contributed by atoms with Gasteiger partial charge in [-0.3, -0.25) is 9.59 Å². The Morgan fingerprint density at radius 2 is 2.00 bits per heavy atom. The number of aryl methyl sites for hydroxylation is 1. The molecule has 0 saturated carbocycles. The fourth-order valence-electron chi connectivity index (χ4n) is 2.30. The van der Waals surface area contributed by atoms with Crippen molar-refractivity contribution in [3.8, 4) is 11.5 Å². The van der Waals surface area contributed by atoms with Crippen LogP contribution in [0.1, 0.15) is 17.5 Å². The van der Waals surface area contributed by atoms with Crippen LogP contribution in [-0.4, -0.2) is 33.6 Å². The van der Waals surface area contributed by atoms with Gasteiger partial charge in [0.2, 0.25) is 5.91 Å². The largest absolute Gasteiger partial charge is 0.481 e. The number of hydrogen-bond acceptors (Lipinski definition) is 6. The van der Waals surface area contributed by atoms with E-state index >= 15 is 0 Å². The van der Waals surface area contributed by atoms with E-state index in [0.29, 0.717) is 11.5 Å². The highest BCUT2D eigenvalue weighted by molar-refractivity contribution is 8.15. The number of thioether (sulfide) groups is 1. The van der Waals surface area contributed by atoms with E-state index in [1.165, 1.54) is 6.21 Å². The molecule has 1 unspecified atom stereocenters. The van der Waals surface area contributed by atoms with E-state index in [9.17, 15) is 9.59 Å². The molecule has 2 N–H and O–H groups in total. The number of carboxylic acids is 1. The Morgan fingerprint density at radius 3 is 2.74 bits per heavy atom. The second kappa shape index (κ2) is 8.50. The van der Waals surface area contributed by atoms with Crippen molar-refractivity contribution in [1.29, 1.82) is 0 Å². The van der Waals surface area contributed by atoms with E-state index < -0.39 is 11.2 Å². The van der Waals surface area contributed by atoms with Crippen molar-refractivity contribution >= 4 is 35.0 Å². The highest BCUT2D eigenvalue weighted by atomic mass is 32.2. The van der Waals surface area contributed by atoms with Crippen molar-refractivity contribution in [3.63, 3.8) is 0 Å². The van der Waals surface area contributed by atoms with Crippen LogP contribution in [0.3, 0.4) is 0 Å². The maximum absolute atomic E-state index is 11.7. The lowest BCUT2D eigenvalue weighted by Crippen LogP contribution is -2.26. The van der Waals surface area contributed by atoms with Crippen LogP contribution in [0.4, 0.5) is 0 Å². The SMILES string of the molecule is Cc1ccc(Oc2ccccc2C=NN=C2NC(=O)C(CC(=O)O)S2)cc1. The van der Waals surface area contributed by atoms with E-state index in [-0.39, 0.29) is 17.5 Å². The third kappa shape index (κ3) is 5.18. The summed E-state index contributed by atoms with van der Waals surface area (Å²) >= 11 is 1.05. The standard InChI is InChI=1S/C19H17N3O4S/c1-12-6-8-14(9-7-12)26-15-5-3-2-4-13(15)11-20-22-19-21-18(25)16(27-19)10-17(23)24/h2-9,11,16H,10H2,1H3,(H,23,24)(H,21,22,25). The predicted molar refractivity (Wildman–Crippen MR) is 104 cm³/mol. The summed E-state index contributed by atoms with van der Waals surface area (Å²) in [7, 11) is 0. The minimum Gasteiger partial charge on any atom is -0.481 e. The molecule has 1 heterocycles. The van der Waals surface area contributed by atoms with Crippen LogP contribution in [-0.2, 0) is 9.59 Å². The van der Waals surface area contributed by atoms with Gasteiger partial charge in [0.1, 0.15) is 16.7 Å². The zero-order valence-electron chi connectivity index (χ0n) is 14.5. The lowest BCUT2D eigenvalue weighted by atomic mass is 10.2. The highest BCUT2D eigenvalue weighted by Gasteiger charge is 2.32. The first-order valence-electron chi connectivity index (χ1n) is 8.15. The Bertz CT molecular complexity index is 909. The van der Waals surface area contributed by atoms with E-state index in [1.54, 1.807) is 0 Å². The van der Waals surface area contributed by atoms with E-state index in [2.05, 4.69) is 15.5 Å². The molecular formula is C19H17N3O4S. The molecular weight excluding hydrogens is 366 g/mol. The molecule has 2 aromatic carbocycles. The number of carboxylic acid groups (broad SMARTS) is 1. The Hall–Kier alpha value is -3.13. The van der Waals surface area contributed by atoms with Crippen LogP contribution in [0.15, 0.2) is 58.7 Å². The van der Waals surface area contributed by atoms with Gasteiger partial charge in [-0.1, -0.05) is 41.6 Å². The van der Waals surface area contributed by atoms with Crippen LogP contribution < -0.4 is 10.1 Å². The van der Waals surface area contributed by atoms with Crippen LogP contribution in [0, 0.1) is 6.92 Å². The predicted octanol–water partition coefficient (Wildman–Crippen LogP) is 3.18. The first-order chi connectivity index (χ1) is 13.0. The number of aliphatic carboxylic acids is 1. The smallest absolute Gasteiger partial charge is 0.305 e. The summed E-state index contributed by atoms with van der Waals surface area (Å²) in [4.78, 5) is 22.4. The van der Waals surface area contributed by atoms with Gasteiger partial charge in [-0.25, -0.2) is 0 Å². The number of nitrogens with one attached hydrogen (secondary N) is 1. The van der Waals surface area contributed by atoms with Gasteiger partial charge < -0.3 is 15.2 Å². The first-order valence-corrected chi connectivity index (χ1v) is 9.03. The third-order valence-corrected chi connectivity index (χ3v) is 4.72. The van der Waals surface area contributed by atoms with Crippen LogP contribution in [0.5, 0.6) is 11.5 Å². The second-order valence-electron chi connectivity index (χ2n) is 5.80. The van der Waals surface area contributed by atoms with Crippen LogP contribution in [0.2, 0.25) is 0 Å². The monoisotopic (exact) mass is 383 g/mol. The molecule has 1 aliphatic rings. The van der Waals surface area contributed by atoms with Gasteiger partial charge in [0.05, 0.1) is 12.6 Å². The fourth-order valence-corrected chi connectivity index (χ4v) is 3.22. The maximum Gasteiger partial charge on any atom is 0.305 e. The molecule has 0 spiro atoms. The summed E-state index contributed by atoms with van der Waals surface area (Å²) in [5, 5.41) is 18.8. The number of ether oxygens (including phenoxy) is 1. The molecule has 0 aromatic heterocycles. The lowest BCUT2D eigenvalue weighted by Gasteiger charge is -2.08. The molecule has 3 rings (SSSR count). The average molecular weight is 383 g/mol. The summed E-state index contributed by atoms with van der Waals surface area (Å²) in [6.45, 7) is 2.00. The molecule has 2 aromatic rings. The van der Waals surface area contributed by atoms with Crippen LogP contribution in [0.25, 0.3) is 0 Å². The van der Waals surface area contributed by atoms with Crippen molar-refractivity contribution in [2.45, 2.75) is 18.6 Å². The number of hydrogen-bond donors (Lipinski definition) is 2. The summed E-state index contributed by atoms with van der Waals surface area (Å²) in [6, 6.07) is 15.1. The van der Waals surface area contributed by atoms with Gasteiger partial charge in [-0.15, -0.1) is 5.10 Å². The van der Waals surface area contributed by atoms with E-state index in [0.717, 1.165) is 22.9 Å². The van der Waals surface area contributed by atoms with Gasteiger partial charge in [0.15, 0.2) is 5.17 Å². The normalized spacial score (nSPS) is 18.0. The molecule has 1 aliphatic heterocycles. The second-order valence-corrected chi connectivity index (χ2v) is 6.99. The van der Waals surface area contributed by atoms with Gasteiger partial charge in [-0.05, 0) is 31.2 Å². The summed E-state index contributed by atoms with van der Waals surface area (Å²) in [6.07, 6.45) is 1.26.